The summed E-state index contributed by atoms with van der Waals surface area (Å²) < 4.78 is 21.9. The number of aromatic nitrogens is 1. The molecule has 3 aromatic rings. The summed E-state index contributed by atoms with van der Waals surface area (Å²) in [5, 5.41) is 9.48. The van der Waals surface area contributed by atoms with Gasteiger partial charge in [-0.1, -0.05) is 26.3 Å². The number of anilines is 2. The van der Waals surface area contributed by atoms with Gasteiger partial charge in [0.05, 0.1) is 40.2 Å². The normalized spacial score (nSPS) is 13.4. The van der Waals surface area contributed by atoms with Gasteiger partial charge in [-0.25, -0.2) is 9.78 Å². The summed E-state index contributed by atoms with van der Waals surface area (Å²) in [7, 11) is 6.00. The first kappa shape index (κ1) is 37.2. The van der Waals surface area contributed by atoms with Crippen molar-refractivity contribution in [1.82, 2.24) is 10.3 Å². The Labute approximate surface area is 290 Å². The Morgan fingerprint density at radius 2 is 1.76 bits per heavy atom. The first-order valence-corrected chi connectivity index (χ1v) is 17.2. The fourth-order valence-corrected chi connectivity index (χ4v) is 7.19. The average Bonchev–Trinajstić information content (AvgIpc) is 3.30. The fraction of sp³-hybridized carbons (Fsp3) is 0.472. The number of nitrogens with one attached hydrogen (secondary N) is 3. The number of carbonyl (C=O) groups excluding carboxylic acids is 3. The lowest BCUT2D eigenvalue weighted by molar-refractivity contribution is -0.119. The topological polar surface area (TPSA) is 154 Å². The zero-order valence-electron chi connectivity index (χ0n) is 29.2. The van der Waals surface area contributed by atoms with Crippen LogP contribution >= 0.6 is 11.3 Å². The number of nitrogens with zero attached hydrogens (tertiary/aromatic N) is 1. The predicted octanol–water partition coefficient (Wildman–Crippen LogP) is 5.92. The summed E-state index contributed by atoms with van der Waals surface area (Å²) >= 11 is 1.30. The highest BCUT2D eigenvalue weighted by molar-refractivity contribution is 7.16. The highest BCUT2D eigenvalue weighted by Crippen LogP contribution is 2.50. The highest BCUT2D eigenvalue weighted by Gasteiger charge is 2.29. The Bertz CT molecular complexity index is 1740. The molecule has 12 nitrogen and oxygen atoms in total. The number of carbonyl (C=O) groups is 3. The highest BCUT2D eigenvalue weighted by atomic mass is 32.1. The molecule has 1 aromatic heterocycles. The molecule has 3 N–H and O–H groups in total. The monoisotopic (exact) mass is 694 g/mol. The maximum atomic E-state index is 13.5. The van der Waals surface area contributed by atoms with Crippen molar-refractivity contribution in [1.29, 1.82) is 0 Å². The van der Waals surface area contributed by atoms with E-state index in [-0.39, 0.29) is 29.0 Å². The summed E-state index contributed by atoms with van der Waals surface area (Å²) in [4.78, 5) is 55.6. The van der Waals surface area contributed by atoms with Gasteiger partial charge in [0, 0.05) is 30.3 Å². The number of ether oxygens (including phenoxy) is 4. The summed E-state index contributed by atoms with van der Waals surface area (Å²) in [6.45, 7) is 6.09. The predicted molar refractivity (Wildman–Crippen MR) is 190 cm³/mol. The SMILES string of the molecule is COC(=O)c1nc(NC(=O)CCCCCNc2ccc3c(cc2=O)C(NC(C)=O)CCc2cc(OC)c(OC)c(OC)c2-3)sc1CC(C)C. The molecule has 264 valence electrons. The lowest BCUT2D eigenvalue weighted by Gasteiger charge is -2.19. The van der Waals surface area contributed by atoms with Crippen LogP contribution in [-0.4, -0.2) is 57.8 Å². The summed E-state index contributed by atoms with van der Waals surface area (Å²) in [5.41, 5.74) is 3.67. The summed E-state index contributed by atoms with van der Waals surface area (Å²) in [6, 6.07) is 6.76. The minimum Gasteiger partial charge on any atom is -0.493 e. The summed E-state index contributed by atoms with van der Waals surface area (Å²) in [5.74, 6) is 0.919. The molecule has 0 bridgehead atoms. The van der Waals surface area contributed by atoms with Crippen molar-refractivity contribution in [3.8, 4) is 28.4 Å². The van der Waals surface area contributed by atoms with Gasteiger partial charge in [0.1, 0.15) is 0 Å². The molecule has 0 spiro atoms. The van der Waals surface area contributed by atoms with Gasteiger partial charge in [0.25, 0.3) is 0 Å². The Morgan fingerprint density at radius 3 is 2.41 bits per heavy atom. The van der Waals surface area contributed by atoms with Crippen molar-refractivity contribution in [2.75, 3.05) is 45.6 Å². The Balaban J connectivity index is 1.44. The van der Waals surface area contributed by atoms with E-state index in [1.807, 2.05) is 26.0 Å². The molecule has 0 radical (unpaired) electrons. The fourth-order valence-electron chi connectivity index (χ4n) is 6.02. The van der Waals surface area contributed by atoms with Crippen molar-refractivity contribution in [2.24, 2.45) is 5.92 Å². The third-order valence-corrected chi connectivity index (χ3v) is 9.22. The van der Waals surface area contributed by atoms with Crippen LogP contribution in [0.4, 0.5) is 10.8 Å². The van der Waals surface area contributed by atoms with Crippen molar-refractivity contribution in [3.63, 3.8) is 0 Å². The minimum atomic E-state index is -0.512. The van der Waals surface area contributed by atoms with Gasteiger partial charge in [-0.2, -0.15) is 0 Å². The number of methoxy groups -OCH3 is 4. The lowest BCUT2D eigenvalue weighted by atomic mass is 9.95. The van der Waals surface area contributed by atoms with Crippen molar-refractivity contribution in [3.05, 3.63) is 56.2 Å². The maximum absolute atomic E-state index is 13.5. The molecule has 2 amide bonds. The van der Waals surface area contributed by atoms with Gasteiger partial charge in [0.15, 0.2) is 22.3 Å². The second kappa shape index (κ2) is 17.1. The second-order valence-corrected chi connectivity index (χ2v) is 13.3. The zero-order chi connectivity index (χ0) is 35.7. The van der Waals surface area contributed by atoms with E-state index < -0.39 is 5.97 Å². The summed E-state index contributed by atoms with van der Waals surface area (Å²) in [6.07, 6.45) is 4.28. The molecule has 1 heterocycles. The van der Waals surface area contributed by atoms with Gasteiger partial charge in [-0.05, 0) is 72.9 Å². The Hall–Kier alpha value is -4.65. The van der Waals surface area contributed by atoms with Crippen LogP contribution in [0.5, 0.6) is 17.2 Å². The van der Waals surface area contributed by atoms with Crippen molar-refractivity contribution >= 4 is 39.9 Å². The first-order valence-electron chi connectivity index (χ1n) is 16.4. The number of fused-ring (bicyclic) bond motifs is 3. The molecular formula is C36H46N4O8S. The van der Waals surface area contributed by atoms with Gasteiger partial charge >= 0.3 is 5.97 Å². The van der Waals surface area contributed by atoms with E-state index in [1.165, 1.54) is 25.4 Å². The van der Waals surface area contributed by atoms with Crippen LogP contribution in [0.3, 0.4) is 0 Å². The Morgan fingerprint density at radius 1 is 1.00 bits per heavy atom. The number of hydrogen-bond donors (Lipinski definition) is 3. The molecule has 1 aliphatic rings. The number of esters is 1. The molecule has 4 rings (SSSR count). The largest absolute Gasteiger partial charge is 0.493 e. The third-order valence-electron chi connectivity index (χ3n) is 8.23. The molecule has 13 heteroatoms. The van der Waals surface area contributed by atoms with Gasteiger partial charge in [-0.3, -0.25) is 14.4 Å². The van der Waals surface area contributed by atoms with Crippen LogP contribution in [-0.2, 0) is 27.2 Å². The van der Waals surface area contributed by atoms with Crippen LogP contribution in [0, 0.1) is 5.92 Å². The molecule has 0 fully saturated rings. The quantitative estimate of drug-likeness (QED) is 0.129. The molecule has 49 heavy (non-hydrogen) atoms. The number of hydrogen-bond acceptors (Lipinski definition) is 11. The number of benzene rings is 1. The van der Waals surface area contributed by atoms with Crippen molar-refractivity contribution < 1.29 is 33.3 Å². The van der Waals surface area contributed by atoms with E-state index >= 15 is 0 Å². The number of aryl methyl sites for hydroxylation is 1. The molecule has 1 atom stereocenters. The first-order chi connectivity index (χ1) is 23.5. The van der Waals surface area contributed by atoms with Crippen LogP contribution < -0.4 is 35.6 Å². The zero-order valence-corrected chi connectivity index (χ0v) is 30.1. The number of amides is 2. The van der Waals surface area contributed by atoms with Crippen LogP contribution in [0.15, 0.2) is 29.1 Å². The van der Waals surface area contributed by atoms with E-state index in [4.69, 9.17) is 18.9 Å². The van der Waals surface area contributed by atoms with E-state index in [9.17, 15) is 19.2 Å². The molecule has 2 aromatic carbocycles. The van der Waals surface area contributed by atoms with E-state index in [0.717, 1.165) is 34.4 Å². The molecule has 1 aliphatic carbocycles. The van der Waals surface area contributed by atoms with Crippen molar-refractivity contribution in [2.45, 2.75) is 71.8 Å². The lowest BCUT2D eigenvalue weighted by Crippen LogP contribution is -2.26. The van der Waals surface area contributed by atoms with Gasteiger partial charge < -0.3 is 34.9 Å². The number of rotatable bonds is 15. The van der Waals surface area contributed by atoms with Crippen LogP contribution in [0.1, 0.15) is 85.4 Å². The van der Waals surface area contributed by atoms with E-state index in [1.54, 1.807) is 33.5 Å². The molecule has 0 saturated carbocycles. The smallest absolute Gasteiger partial charge is 0.357 e. The van der Waals surface area contributed by atoms with Gasteiger partial charge in [-0.15, -0.1) is 11.3 Å². The standard InChI is InChI=1S/C36H46N4O8S/c1-20(2)17-29-32(35(44)48-7)40-36(49-29)39-30(43)11-9-8-10-16-37-26-15-13-23-24(19-27(26)42)25(38-21(3)41)14-12-22-18-28(45-4)33(46-5)34(47-6)31(22)23/h13,15,18-20,25H,8-12,14,16-17H2,1-7H3,(H,37,42)(H,38,41)(H,39,40,43). The minimum absolute atomic E-state index is 0.175. The number of thiazole rings is 1. The molecular weight excluding hydrogens is 648 g/mol. The second-order valence-electron chi connectivity index (χ2n) is 12.3. The maximum Gasteiger partial charge on any atom is 0.357 e. The van der Waals surface area contributed by atoms with Crippen LogP contribution in [0.2, 0.25) is 0 Å². The average molecular weight is 695 g/mol. The van der Waals surface area contributed by atoms with E-state index in [0.29, 0.717) is 78.2 Å². The van der Waals surface area contributed by atoms with Gasteiger partial charge in [0.2, 0.25) is 23.0 Å². The Kier molecular flexibility index (Phi) is 13.0. The molecule has 0 saturated heterocycles. The van der Waals surface area contributed by atoms with E-state index in [2.05, 4.69) is 20.9 Å². The van der Waals surface area contributed by atoms with Crippen LogP contribution in [0.25, 0.3) is 11.1 Å². The molecule has 0 aliphatic heterocycles. The third kappa shape index (κ3) is 9.08. The molecule has 1 unspecified atom stereocenters. The number of unbranched alkanes of at least 4 members (excludes halogenated alkanes) is 2.